The number of hydrogen-bond acceptors (Lipinski definition) is 5. The van der Waals surface area contributed by atoms with Crippen LogP contribution < -0.4 is 10.1 Å². The maximum Gasteiger partial charge on any atom is 0.226 e. The van der Waals surface area contributed by atoms with Gasteiger partial charge in [-0.15, -0.1) is 10.2 Å². The molecular formula is C21H29N3O2S. The maximum absolute atomic E-state index is 12.1. The van der Waals surface area contributed by atoms with E-state index < -0.39 is 0 Å². The molecule has 0 unspecified atom stereocenters. The van der Waals surface area contributed by atoms with E-state index in [1.54, 1.807) is 0 Å². The summed E-state index contributed by atoms with van der Waals surface area (Å²) in [6.07, 6.45) is 9.59. The molecule has 1 aromatic carbocycles. The number of carbonyl (C=O) groups is 1. The van der Waals surface area contributed by atoms with Crippen LogP contribution in [0.1, 0.15) is 74.8 Å². The van der Waals surface area contributed by atoms with Gasteiger partial charge in [-0.1, -0.05) is 56.1 Å². The molecule has 0 aliphatic heterocycles. The van der Waals surface area contributed by atoms with Gasteiger partial charge in [-0.05, 0) is 43.4 Å². The summed E-state index contributed by atoms with van der Waals surface area (Å²) in [5.74, 6) is 1.36. The van der Waals surface area contributed by atoms with Crippen LogP contribution in [-0.4, -0.2) is 22.7 Å². The Bertz CT molecular complexity index is 708. The first-order valence-corrected chi connectivity index (χ1v) is 10.9. The molecule has 146 valence electrons. The first-order valence-electron chi connectivity index (χ1n) is 10.1. The zero-order chi connectivity index (χ0) is 18.9. The van der Waals surface area contributed by atoms with Crippen molar-refractivity contribution in [2.24, 2.45) is 0 Å². The highest BCUT2D eigenvalue weighted by atomic mass is 32.1. The van der Waals surface area contributed by atoms with Crippen LogP contribution in [0.5, 0.6) is 5.75 Å². The molecule has 0 bridgehead atoms. The summed E-state index contributed by atoms with van der Waals surface area (Å²) >= 11 is 1.52. The number of anilines is 1. The summed E-state index contributed by atoms with van der Waals surface area (Å²) in [6.45, 7) is 2.71. The molecule has 5 nitrogen and oxygen atoms in total. The largest absolute Gasteiger partial charge is 0.494 e. The second-order valence-electron chi connectivity index (χ2n) is 7.17. The average Bonchev–Trinajstić information content (AvgIpc) is 3.16. The standard InChI is InChI=1S/C21H29N3O2S/c1-2-7-16-11-13-18(14-12-16)26-15-6-10-19(25)22-21-24-23-20(27-21)17-8-4-3-5-9-17/h11-14,17H,2-10,15H2,1H3,(H,22,24,25). The van der Waals surface area contributed by atoms with Crippen molar-refractivity contribution in [3.05, 3.63) is 34.8 Å². The molecule has 27 heavy (non-hydrogen) atoms. The highest BCUT2D eigenvalue weighted by Gasteiger charge is 2.20. The molecule has 1 N–H and O–H groups in total. The average molecular weight is 388 g/mol. The van der Waals surface area contributed by atoms with Gasteiger partial charge in [0.25, 0.3) is 0 Å². The van der Waals surface area contributed by atoms with E-state index in [9.17, 15) is 4.79 Å². The SMILES string of the molecule is CCCc1ccc(OCCCC(=O)Nc2nnc(C3CCCCC3)s2)cc1. The highest BCUT2D eigenvalue weighted by Crippen LogP contribution is 2.35. The first-order chi connectivity index (χ1) is 13.2. The molecule has 0 radical (unpaired) electrons. The second kappa shape index (κ2) is 10.4. The molecule has 1 aromatic heterocycles. The maximum atomic E-state index is 12.1. The van der Waals surface area contributed by atoms with Crippen LogP contribution in [0.3, 0.4) is 0 Å². The lowest BCUT2D eigenvalue weighted by molar-refractivity contribution is -0.116. The quantitative estimate of drug-likeness (QED) is 0.590. The smallest absolute Gasteiger partial charge is 0.226 e. The van der Waals surface area contributed by atoms with E-state index >= 15 is 0 Å². The fourth-order valence-electron chi connectivity index (χ4n) is 3.45. The van der Waals surface area contributed by atoms with Crippen molar-refractivity contribution in [3.63, 3.8) is 0 Å². The Hall–Kier alpha value is -1.95. The van der Waals surface area contributed by atoms with Gasteiger partial charge in [0, 0.05) is 12.3 Å². The van der Waals surface area contributed by atoms with Gasteiger partial charge in [0.2, 0.25) is 11.0 Å². The van der Waals surface area contributed by atoms with E-state index in [0.717, 1.165) is 23.6 Å². The van der Waals surface area contributed by atoms with Crippen LogP contribution in [0.4, 0.5) is 5.13 Å². The van der Waals surface area contributed by atoms with E-state index in [1.165, 1.54) is 49.0 Å². The van der Waals surface area contributed by atoms with Crippen LogP contribution in [0.25, 0.3) is 0 Å². The Morgan fingerprint density at radius 1 is 1.19 bits per heavy atom. The number of nitrogens with one attached hydrogen (secondary N) is 1. The highest BCUT2D eigenvalue weighted by molar-refractivity contribution is 7.15. The summed E-state index contributed by atoms with van der Waals surface area (Å²) in [5, 5.41) is 13.0. The molecule has 0 atom stereocenters. The van der Waals surface area contributed by atoms with Crippen molar-refractivity contribution < 1.29 is 9.53 Å². The Morgan fingerprint density at radius 2 is 1.96 bits per heavy atom. The van der Waals surface area contributed by atoms with Crippen molar-refractivity contribution in [2.75, 3.05) is 11.9 Å². The summed E-state index contributed by atoms with van der Waals surface area (Å²) in [6, 6.07) is 8.20. The van der Waals surface area contributed by atoms with Crippen molar-refractivity contribution in [2.45, 2.75) is 70.6 Å². The van der Waals surface area contributed by atoms with Gasteiger partial charge < -0.3 is 10.1 Å². The van der Waals surface area contributed by atoms with Crippen LogP contribution in [0.2, 0.25) is 0 Å². The molecule has 1 amide bonds. The fourth-order valence-corrected chi connectivity index (χ4v) is 4.37. The van der Waals surface area contributed by atoms with Crippen molar-refractivity contribution in [3.8, 4) is 5.75 Å². The topological polar surface area (TPSA) is 64.1 Å². The third-order valence-electron chi connectivity index (χ3n) is 4.92. The van der Waals surface area contributed by atoms with E-state index in [1.807, 2.05) is 12.1 Å². The number of benzene rings is 1. The zero-order valence-electron chi connectivity index (χ0n) is 16.1. The van der Waals surface area contributed by atoms with Gasteiger partial charge in [0.05, 0.1) is 6.61 Å². The number of nitrogens with zero attached hydrogens (tertiary/aromatic N) is 2. The van der Waals surface area contributed by atoms with Crippen LogP contribution in [-0.2, 0) is 11.2 Å². The van der Waals surface area contributed by atoms with Crippen molar-refractivity contribution >= 4 is 22.4 Å². The van der Waals surface area contributed by atoms with Gasteiger partial charge in [0.1, 0.15) is 10.8 Å². The van der Waals surface area contributed by atoms with Gasteiger partial charge in [-0.3, -0.25) is 4.79 Å². The molecule has 1 heterocycles. The van der Waals surface area contributed by atoms with E-state index in [2.05, 4.69) is 34.6 Å². The third kappa shape index (κ3) is 6.31. The number of ether oxygens (including phenoxy) is 1. The lowest BCUT2D eigenvalue weighted by Gasteiger charge is -2.18. The fraction of sp³-hybridized carbons (Fsp3) is 0.571. The van der Waals surface area contributed by atoms with Gasteiger partial charge in [0.15, 0.2) is 0 Å². The monoisotopic (exact) mass is 387 g/mol. The zero-order valence-corrected chi connectivity index (χ0v) is 16.9. The number of rotatable bonds is 9. The normalized spacial score (nSPS) is 14.9. The van der Waals surface area contributed by atoms with Crippen LogP contribution in [0, 0.1) is 0 Å². The predicted molar refractivity (Wildman–Crippen MR) is 110 cm³/mol. The Morgan fingerprint density at radius 3 is 2.70 bits per heavy atom. The number of hydrogen-bond donors (Lipinski definition) is 1. The second-order valence-corrected chi connectivity index (χ2v) is 8.18. The van der Waals surface area contributed by atoms with Gasteiger partial charge >= 0.3 is 0 Å². The minimum absolute atomic E-state index is 0.0248. The number of aromatic nitrogens is 2. The molecule has 1 fully saturated rings. The summed E-state index contributed by atoms with van der Waals surface area (Å²) in [7, 11) is 0. The van der Waals surface area contributed by atoms with Crippen LogP contribution >= 0.6 is 11.3 Å². The minimum atomic E-state index is -0.0248. The third-order valence-corrected chi connectivity index (χ3v) is 5.92. The van der Waals surface area contributed by atoms with Gasteiger partial charge in [-0.25, -0.2) is 0 Å². The van der Waals surface area contributed by atoms with Crippen molar-refractivity contribution in [1.29, 1.82) is 0 Å². The summed E-state index contributed by atoms with van der Waals surface area (Å²) in [5.41, 5.74) is 1.33. The molecule has 6 heteroatoms. The number of carbonyl (C=O) groups excluding carboxylic acids is 1. The Balaban J connectivity index is 1.35. The molecule has 3 rings (SSSR count). The van der Waals surface area contributed by atoms with Crippen LogP contribution in [0.15, 0.2) is 24.3 Å². The predicted octanol–water partition coefficient (Wildman–Crippen LogP) is 5.34. The lowest BCUT2D eigenvalue weighted by atomic mass is 9.90. The summed E-state index contributed by atoms with van der Waals surface area (Å²) < 4.78 is 5.72. The van der Waals surface area contributed by atoms with E-state index in [-0.39, 0.29) is 5.91 Å². The molecule has 1 aliphatic rings. The minimum Gasteiger partial charge on any atom is -0.494 e. The lowest BCUT2D eigenvalue weighted by Crippen LogP contribution is -2.12. The number of aryl methyl sites for hydroxylation is 1. The first kappa shape index (κ1) is 19.8. The molecule has 0 saturated heterocycles. The molecule has 1 aliphatic carbocycles. The Labute approximate surface area is 165 Å². The molecular weight excluding hydrogens is 358 g/mol. The van der Waals surface area contributed by atoms with E-state index in [0.29, 0.717) is 30.5 Å². The number of amides is 1. The molecule has 1 saturated carbocycles. The summed E-state index contributed by atoms with van der Waals surface area (Å²) in [4.78, 5) is 12.1. The van der Waals surface area contributed by atoms with Gasteiger partial charge in [-0.2, -0.15) is 0 Å². The van der Waals surface area contributed by atoms with Crippen molar-refractivity contribution in [1.82, 2.24) is 10.2 Å². The van der Waals surface area contributed by atoms with E-state index in [4.69, 9.17) is 4.74 Å². The molecule has 0 spiro atoms. The molecule has 2 aromatic rings. The Kier molecular flexibility index (Phi) is 7.63.